The lowest BCUT2D eigenvalue weighted by atomic mass is 10.2. The van der Waals surface area contributed by atoms with Gasteiger partial charge in [-0.05, 0) is 37.1 Å². The van der Waals surface area contributed by atoms with Crippen molar-refractivity contribution in [1.29, 1.82) is 0 Å². The Labute approximate surface area is 120 Å². The van der Waals surface area contributed by atoms with Crippen LogP contribution in [-0.4, -0.2) is 6.04 Å². The normalized spacial score (nSPS) is 14.2. The fourth-order valence-electron chi connectivity index (χ4n) is 2.01. The van der Waals surface area contributed by atoms with Gasteiger partial charge in [0.15, 0.2) is 11.6 Å². The van der Waals surface area contributed by atoms with Gasteiger partial charge in [0.1, 0.15) is 17.3 Å². The van der Waals surface area contributed by atoms with Gasteiger partial charge in [0.05, 0.1) is 0 Å². The molecule has 0 atom stereocenters. The van der Waals surface area contributed by atoms with E-state index in [4.69, 9.17) is 4.74 Å². The number of halogens is 3. The Morgan fingerprint density at radius 3 is 2.52 bits per heavy atom. The van der Waals surface area contributed by atoms with E-state index < -0.39 is 11.6 Å². The topological polar surface area (TPSA) is 21.3 Å². The molecule has 1 N–H and O–H groups in total. The number of rotatable bonds is 5. The molecular formula is C16H14F3NO. The van der Waals surface area contributed by atoms with Gasteiger partial charge in [0.25, 0.3) is 0 Å². The van der Waals surface area contributed by atoms with Crippen molar-refractivity contribution in [2.45, 2.75) is 25.4 Å². The van der Waals surface area contributed by atoms with Gasteiger partial charge in [-0.25, -0.2) is 13.2 Å². The Kier molecular flexibility index (Phi) is 3.84. The average Bonchev–Trinajstić information content (AvgIpc) is 3.26. The summed E-state index contributed by atoms with van der Waals surface area (Å²) in [5, 5.41) is 3.21. The molecule has 0 aliphatic heterocycles. The predicted octanol–water partition coefficient (Wildman–Crippen LogP) is 4.15. The first-order valence-corrected chi connectivity index (χ1v) is 6.77. The van der Waals surface area contributed by atoms with E-state index in [1.165, 1.54) is 18.2 Å². The molecule has 2 nitrogen and oxygen atoms in total. The van der Waals surface area contributed by atoms with Crippen molar-refractivity contribution in [2.24, 2.45) is 0 Å². The largest absolute Gasteiger partial charge is 0.457 e. The highest BCUT2D eigenvalue weighted by atomic mass is 19.2. The van der Waals surface area contributed by atoms with E-state index in [1.54, 1.807) is 6.07 Å². The summed E-state index contributed by atoms with van der Waals surface area (Å²) in [7, 11) is 0. The smallest absolute Gasteiger partial charge is 0.162 e. The van der Waals surface area contributed by atoms with Gasteiger partial charge < -0.3 is 10.1 Å². The van der Waals surface area contributed by atoms with Crippen LogP contribution in [0.2, 0.25) is 0 Å². The molecule has 0 bridgehead atoms. The molecule has 0 amide bonds. The Morgan fingerprint density at radius 1 is 1.00 bits per heavy atom. The Bertz CT molecular complexity index is 656. The van der Waals surface area contributed by atoms with Crippen molar-refractivity contribution in [3.8, 4) is 11.5 Å². The van der Waals surface area contributed by atoms with Gasteiger partial charge in [-0.3, -0.25) is 0 Å². The van der Waals surface area contributed by atoms with Gasteiger partial charge in [0, 0.05) is 24.2 Å². The summed E-state index contributed by atoms with van der Waals surface area (Å²) >= 11 is 0. The van der Waals surface area contributed by atoms with E-state index >= 15 is 0 Å². The van der Waals surface area contributed by atoms with Crippen molar-refractivity contribution in [1.82, 2.24) is 5.32 Å². The number of hydrogen-bond acceptors (Lipinski definition) is 2. The third-order valence-corrected chi connectivity index (χ3v) is 3.34. The number of ether oxygens (including phenoxy) is 1. The third kappa shape index (κ3) is 3.36. The Hall–Kier alpha value is -2.01. The molecule has 0 spiro atoms. The van der Waals surface area contributed by atoms with E-state index in [0.29, 0.717) is 23.9 Å². The quantitative estimate of drug-likeness (QED) is 0.894. The minimum absolute atomic E-state index is 0.132. The fourth-order valence-corrected chi connectivity index (χ4v) is 2.01. The molecule has 0 radical (unpaired) electrons. The van der Waals surface area contributed by atoms with Crippen LogP contribution in [0.1, 0.15) is 18.4 Å². The molecular weight excluding hydrogens is 279 g/mol. The third-order valence-electron chi connectivity index (χ3n) is 3.34. The van der Waals surface area contributed by atoms with Crippen LogP contribution in [0.4, 0.5) is 13.2 Å². The molecule has 1 fully saturated rings. The average molecular weight is 293 g/mol. The van der Waals surface area contributed by atoms with E-state index in [0.717, 1.165) is 25.0 Å². The van der Waals surface area contributed by atoms with Crippen molar-refractivity contribution in [2.75, 3.05) is 0 Å². The highest BCUT2D eigenvalue weighted by molar-refractivity contribution is 5.39. The SMILES string of the molecule is Fc1ccc(Oc2cccc(F)c2CNC2CC2)cc1F. The lowest BCUT2D eigenvalue weighted by Crippen LogP contribution is -2.16. The summed E-state index contributed by atoms with van der Waals surface area (Å²) in [5.74, 6) is -1.90. The summed E-state index contributed by atoms with van der Waals surface area (Å²) in [5.41, 5.74) is 0.383. The second kappa shape index (κ2) is 5.77. The Morgan fingerprint density at radius 2 is 1.81 bits per heavy atom. The van der Waals surface area contributed by atoms with Crippen LogP contribution in [0.5, 0.6) is 11.5 Å². The van der Waals surface area contributed by atoms with Crippen molar-refractivity contribution >= 4 is 0 Å². The number of nitrogens with one attached hydrogen (secondary N) is 1. The van der Waals surface area contributed by atoms with Crippen LogP contribution in [0, 0.1) is 17.5 Å². The summed E-state index contributed by atoms with van der Waals surface area (Å²) < 4.78 is 45.5. The van der Waals surface area contributed by atoms with Crippen molar-refractivity contribution < 1.29 is 17.9 Å². The van der Waals surface area contributed by atoms with E-state index in [2.05, 4.69) is 5.32 Å². The first-order valence-electron chi connectivity index (χ1n) is 6.77. The molecule has 2 aromatic carbocycles. The molecule has 3 rings (SSSR count). The first kappa shape index (κ1) is 13.9. The number of benzene rings is 2. The standard InChI is InChI=1S/C16H14F3NO/c17-13-2-1-3-16(12(13)9-20-10-4-5-10)21-11-6-7-14(18)15(19)8-11/h1-3,6-8,10,20H,4-5,9H2. The summed E-state index contributed by atoms with van der Waals surface area (Å²) in [6.07, 6.45) is 2.18. The molecule has 0 aromatic heterocycles. The van der Waals surface area contributed by atoms with Gasteiger partial charge in [-0.1, -0.05) is 6.07 Å². The summed E-state index contributed by atoms with van der Waals surface area (Å²) in [4.78, 5) is 0. The van der Waals surface area contributed by atoms with Gasteiger partial charge in [-0.15, -0.1) is 0 Å². The Balaban J connectivity index is 1.82. The van der Waals surface area contributed by atoms with Crippen LogP contribution < -0.4 is 10.1 Å². The highest BCUT2D eigenvalue weighted by Crippen LogP contribution is 2.29. The van der Waals surface area contributed by atoms with E-state index in [-0.39, 0.29) is 11.6 Å². The second-order valence-corrected chi connectivity index (χ2v) is 5.05. The summed E-state index contributed by atoms with van der Waals surface area (Å²) in [6.45, 7) is 0.344. The van der Waals surface area contributed by atoms with Crippen molar-refractivity contribution in [3.63, 3.8) is 0 Å². The maximum atomic E-state index is 13.9. The zero-order valence-electron chi connectivity index (χ0n) is 11.2. The fraction of sp³-hybridized carbons (Fsp3) is 0.250. The second-order valence-electron chi connectivity index (χ2n) is 5.05. The highest BCUT2D eigenvalue weighted by Gasteiger charge is 2.21. The molecule has 1 aliphatic rings. The molecule has 0 unspecified atom stereocenters. The summed E-state index contributed by atoms with van der Waals surface area (Å²) in [6, 6.07) is 8.13. The van der Waals surface area contributed by atoms with E-state index in [9.17, 15) is 13.2 Å². The van der Waals surface area contributed by atoms with Crippen LogP contribution >= 0.6 is 0 Å². The van der Waals surface area contributed by atoms with E-state index in [1.807, 2.05) is 0 Å². The van der Waals surface area contributed by atoms with Crippen LogP contribution in [0.15, 0.2) is 36.4 Å². The molecule has 2 aromatic rings. The molecule has 5 heteroatoms. The molecule has 0 saturated heterocycles. The van der Waals surface area contributed by atoms with Crippen LogP contribution in [-0.2, 0) is 6.54 Å². The lowest BCUT2D eigenvalue weighted by Gasteiger charge is -2.12. The minimum atomic E-state index is -0.999. The predicted molar refractivity (Wildman–Crippen MR) is 72.7 cm³/mol. The molecule has 110 valence electrons. The molecule has 0 heterocycles. The molecule has 1 aliphatic carbocycles. The number of hydrogen-bond donors (Lipinski definition) is 1. The lowest BCUT2D eigenvalue weighted by molar-refractivity contribution is 0.448. The molecule has 21 heavy (non-hydrogen) atoms. The monoisotopic (exact) mass is 293 g/mol. The maximum absolute atomic E-state index is 13.9. The van der Waals surface area contributed by atoms with Gasteiger partial charge in [-0.2, -0.15) is 0 Å². The minimum Gasteiger partial charge on any atom is -0.457 e. The molecule has 1 saturated carbocycles. The first-order chi connectivity index (χ1) is 10.1. The van der Waals surface area contributed by atoms with Crippen molar-refractivity contribution in [3.05, 3.63) is 59.4 Å². The van der Waals surface area contributed by atoms with Gasteiger partial charge in [0.2, 0.25) is 0 Å². The maximum Gasteiger partial charge on any atom is 0.162 e. The van der Waals surface area contributed by atoms with Crippen LogP contribution in [0.25, 0.3) is 0 Å². The zero-order valence-corrected chi connectivity index (χ0v) is 11.2. The van der Waals surface area contributed by atoms with Crippen LogP contribution in [0.3, 0.4) is 0 Å². The zero-order chi connectivity index (χ0) is 14.8. The van der Waals surface area contributed by atoms with Gasteiger partial charge >= 0.3 is 0 Å².